The van der Waals surface area contributed by atoms with Crippen LogP contribution in [0.5, 0.6) is 0 Å². The summed E-state index contributed by atoms with van der Waals surface area (Å²) in [7, 11) is -3.66. The van der Waals surface area contributed by atoms with Crippen LogP contribution in [0.25, 0.3) is 11.0 Å². The second kappa shape index (κ2) is 8.53. The molecule has 1 fully saturated rings. The Hall–Kier alpha value is -2.78. The molecule has 0 saturated carbocycles. The predicted octanol–water partition coefficient (Wildman–Crippen LogP) is 3.39. The van der Waals surface area contributed by atoms with Gasteiger partial charge in [0.25, 0.3) is 0 Å². The van der Waals surface area contributed by atoms with E-state index in [1.165, 1.54) is 9.87 Å². The lowest BCUT2D eigenvalue weighted by atomic mass is 9.96. The van der Waals surface area contributed by atoms with E-state index in [0.717, 1.165) is 24.0 Å². The van der Waals surface area contributed by atoms with Gasteiger partial charge in [-0.2, -0.15) is 4.31 Å². The molecule has 2 aromatic carbocycles. The molecule has 8 nitrogen and oxygen atoms in total. The minimum atomic E-state index is -3.66. The number of carbonyl (C=O) groups is 1. The van der Waals surface area contributed by atoms with Crippen LogP contribution < -0.4 is 4.90 Å². The third-order valence-corrected chi connectivity index (χ3v) is 8.94. The number of carbonyl (C=O) groups excluding carboxylic acids is 1. The van der Waals surface area contributed by atoms with E-state index in [0.29, 0.717) is 38.0 Å². The maximum atomic E-state index is 13.3. The average molecular weight is 468 g/mol. The fourth-order valence-electron chi connectivity index (χ4n) is 4.86. The van der Waals surface area contributed by atoms with Gasteiger partial charge in [0.15, 0.2) is 0 Å². The lowest BCUT2D eigenvalue weighted by molar-refractivity contribution is -0.123. The number of sulfonamides is 1. The third kappa shape index (κ3) is 3.83. The lowest BCUT2D eigenvalue weighted by Crippen LogP contribution is -2.44. The number of benzene rings is 2. The van der Waals surface area contributed by atoms with E-state index < -0.39 is 10.0 Å². The third-order valence-electron chi connectivity index (χ3n) is 7.04. The van der Waals surface area contributed by atoms with Crippen LogP contribution in [0.1, 0.15) is 44.7 Å². The highest BCUT2D eigenvalue weighted by Crippen LogP contribution is 2.32. The summed E-state index contributed by atoms with van der Waals surface area (Å²) < 4.78 is 29.9. The standard InChI is InChI=1S/C24H29N5O3S/c1-3-17(2)29-23-9-8-20(16-21(23)25-26-29)33(31,32)27-13-10-19(11-14-27)24(30)28-15-12-18-6-4-5-7-22(18)28/h4-9,16-17,19H,3,10-15H2,1-2H3/t17-/m1/s1. The number of fused-ring (bicyclic) bond motifs is 2. The number of amides is 1. The second-order valence-electron chi connectivity index (χ2n) is 8.99. The Morgan fingerprint density at radius 1 is 1.12 bits per heavy atom. The van der Waals surface area contributed by atoms with Crippen LogP contribution in [0, 0.1) is 5.92 Å². The molecule has 3 aromatic rings. The minimum absolute atomic E-state index is 0.111. The van der Waals surface area contributed by atoms with Gasteiger partial charge in [-0.3, -0.25) is 4.79 Å². The molecule has 9 heteroatoms. The van der Waals surface area contributed by atoms with Gasteiger partial charge in [0.05, 0.1) is 16.5 Å². The van der Waals surface area contributed by atoms with Crippen LogP contribution in [-0.4, -0.2) is 53.3 Å². The summed E-state index contributed by atoms with van der Waals surface area (Å²) in [6.07, 6.45) is 2.85. The van der Waals surface area contributed by atoms with Gasteiger partial charge in [-0.1, -0.05) is 30.3 Å². The van der Waals surface area contributed by atoms with E-state index in [9.17, 15) is 13.2 Å². The average Bonchev–Trinajstić information content (AvgIpc) is 3.47. The summed E-state index contributed by atoms with van der Waals surface area (Å²) in [5.74, 6) is -0.0411. The molecule has 1 aromatic heterocycles. The van der Waals surface area contributed by atoms with E-state index in [1.54, 1.807) is 18.2 Å². The van der Waals surface area contributed by atoms with Crippen molar-refractivity contribution in [3.63, 3.8) is 0 Å². The zero-order valence-electron chi connectivity index (χ0n) is 19.0. The Kier molecular flexibility index (Phi) is 5.70. The topological polar surface area (TPSA) is 88.4 Å². The van der Waals surface area contributed by atoms with Gasteiger partial charge < -0.3 is 4.90 Å². The van der Waals surface area contributed by atoms with E-state index in [1.807, 2.05) is 27.8 Å². The maximum absolute atomic E-state index is 13.3. The first kappa shape index (κ1) is 22.0. The normalized spacial score (nSPS) is 18.5. The molecule has 33 heavy (non-hydrogen) atoms. The number of rotatable bonds is 5. The van der Waals surface area contributed by atoms with E-state index in [2.05, 4.69) is 30.2 Å². The Labute approximate surface area is 194 Å². The highest BCUT2D eigenvalue weighted by molar-refractivity contribution is 7.89. The maximum Gasteiger partial charge on any atom is 0.243 e. The molecular formula is C24H29N5O3S. The number of nitrogens with zero attached hydrogens (tertiary/aromatic N) is 5. The molecule has 0 radical (unpaired) electrons. The van der Waals surface area contributed by atoms with E-state index in [4.69, 9.17) is 0 Å². The van der Waals surface area contributed by atoms with Gasteiger partial charge in [0.2, 0.25) is 15.9 Å². The van der Waals surface area contributed by atoms with E-state index >= 15 is 0 Å². The number of piperidine rings is 1. The van der Waals surface area contributed by atoms with Gasteiger partial charge in [0.1, 0.15) is 5.52 Å². The largest absolute Gasteiger partial charge is 0.312 e. The van der Waals surface area contributed by atoms with Gasteiger partial charge in [-0.05, 0) is 62.4 Å². The number of hydrogen-bond donors (Lipinski definition) is 0. The number of aromatic nitrogens is 3. The summed E-state index contributed by atoms with van der Waals surface area (Å²) >= 11 is 0. The summed E-state index contributed by atoms with van der Waals surface area (Å²) in [4.78, 5) is 15.3. The monoisotopic (exact) mass is 467 g/mol. The van der Waals surface area contributed by atoms with Crippen molar-refractivity contribution >= 4 is 32.7 Å². The summed E-state index contributed by atoms with van der Waals surface area (Å²) in [6.45, 7) is 5.52. The molecule has 0 bridgehead atoms. The minimum Gasteiger partial charge on any atom is -0.312 e. The zero-order valence-corrected chi connectivity index (χ0v) is 19.8. The molecule has 1 atom stereocenters. The van der Waals surface area contributed by atoms with Crippen molar-refractivity contribution in [1.29, 1.82) is 0 Å². The summed E-state index contributed by atoms with van der Waals surface area (Å²) in [6, 6.07) is 13.2. The van der Waals surface area contributed by atoms with Crippen molar-refractivity contribution in [2.45, 2.75) is 50.5 Å². The van der Waals surface area contributed by atoms with Crippen molar-refractivity contribution in [2.24, 2.45) is 5.92 Å². The van der Waals surface area contributed by atoms with Gasteiger partial charge in [-0.15, -0.1) is 5.10 Å². The van der Waals surface area contributed by atoms with Crippen LogP contribution in [-0.2, 0) is 21.2 Å². The van der Waals surface area contributed by atoms with Crippen LogP contribution in [0.3, 0.4) is 0 Å². The van der Waals surface area contributed by atoms with Crippen molar-refractivity contribution in [1.82, 2.24) is 19.3 Å². The van der Waals surface area contributed by atoms with Gasteiger partial charge >= 0.3 is 0 Å². The second-order valence-corrected chi connectivity index (χ2v) is 10.9. The zero-order chi connectivity index (χ0) is 23.2. The summed E-state index contributed by atoms with van der Waals surface area (Å²) in [5.41, 5.74) is 3.61. The Bertz CT molecular complexity index is 1290. The quantitative estimate of drug-likeness (QED) is 0.574. The summed E-state index contributed by atoms with van der Waals surface area (Å²) in [5, 5.41) is 8.39. The van der Waals surface area contributed by atoms with Crippen molar-refractivity contribution in [3.8, 4) is 0 Å². The highest BCUT2D eigenvalue weighted by atomic mass is 32.2. The van der Waals surface area contributed by atoms with Gasteiger partial charge in [-0.25, -0.2) is 13.1 Å². The SMILES string of the molecule is CC[C@@H](C)n1nnc2cc(S(=O)(=O)N3CCC(C(=O)N4CCc5ccccc54)CC3)ccc21. The first-order chi connectivity index (χ1) is 15.9. The van der Waals surface area contributed by atoms with Crippen LogP contribution in [0.2, 0.25) is 0 Å². The molecule has 1 amide bonds. The predicted molar refractivity (Wildman–Crippen MR) is 127 cm³/mol. The highest BCUT2D eigenvalue weighted by Gasteiger charge is 2.36. The molecule has 3 heterocycles. The first-order valence-electron chi connectivity index (χ1n) is 11.6. The Balaban J connectivity index is 1.29. The number of hydrogen-bond acceptors (Lipinski definition) is 5. The van der Waals surface area contributed by atoms with Gasteiger partial charge in [0, 0.05) is 31.2 Å². The Morgan fingerprint density at radius 2 is 1.88 bits per heavy atom. The van der Waals surface area contributed by atoms with Crippen molar-refractivity contribution in [2.75, 3.05) is 24.5 Å². The number of anilines is 1. The molecule has 0 aliphatic carbocycles. The fraction of sp³-hybridized carbons (Fsp3) is 0.458. The lowest BCUT2D eigenvalue weighted by Gasteiger charge is -2.32. The molecule has 2 aliphatic heterocycles. The molecule has 5 rings (SSSR count). The number of para-hydroxylation sites is 1. The molecule has 0 unspecified atom stereocenters. The fourth-order valence-corrected chi connectivity index (χ4v) is 6.35. The van der Waals surface area contributed by atoms with Crippen LogP contribution in [0.15, 0.2) is 47.4 Å². The smallest absolute Gasteiger partial charge is 0.243 e. The van der Waals surface area contributed by atoms with Crippen molar-refractivity contribution in [3.05, 3.63) is 48.0 Å². The molecule has 0 spiro atoms. The van der Waals surface area contributed by atoms with E-state index in [-0.39, 0.29) is 22.8 Å². The molecular weight excluding hydrogens is 438 g/mol. The molecule has 174 valence electrons. The van der Waals surface area contributed by atoms with Crippen LogP contribution >= 0.6 is 0 Å². The Morgan fingerprint density at radius 3 is 2.64 bits per heavy atom. The first-order valence-corrected chi connectivity index (χ1v) is 13.1. The molecule has 0 N–H and O–H groups in total. The molecule has 1 saturated heterocycles. The molecule has 2 aliphatic rings. The van der Waals surface area contributed by atoms with Crippen LogP contribution in [0.4, 0.5) is 5.69 Å². The van der Waals surface area contributed by atoms with Crippen molar-refractivity contribution < 1.29 is 13.2 Å².